The number of carbonyl (C=O) groups is 3. The molecule has 0 saturated heterocycles. The average molecular weight is 378 g/mol. The lowest BCUT2D eigenvalue weighted by Gasteiger charge is -2.22. The number of carbonyl (C=O) groups excluding carboxylic acids is 3. The second kappa shape index (κ2) is 9.88. The van der Waals surface area contributed by atoms with Gasteiger partial charge in [0.15, 0.2) is 6.19 Å². The van der Waals surface area contributed by atoms with E-state index in [-0.39, 0.29) is 18.9 Å². The minimum atomic E-state index is -0.871. The molecule has 7 nitrogen and oxygen atoms in total. The summed E-state index contributed by atoms with van der Waals surface area (Å²) < 4.78 is 0. The summed E-state index contributed by atoms with van der Waals surface area (Å²) in [5.41, 5.74) is 1.79. The van der Waals surface area contributed by atoms with E-state index < -0.39 is 17.9 Å². The van der Waals surface area contributed by atoms with Crippen molar-refractivity contribution in [2.75, 3.05) is 11.9 Å². The second-order valence-corrected chi connectivity index (χ2v) is 6.16. The molecular weight excluding hydrogens is 356 g/mol. The third kappa shape index (κ3) is 5.68. The molecule has 0 saturated carbocycles. The maximum absolute atomic E-state index is 12.7. The fourth-order valence-electron chi connectivity index (χ4n) is 2.66. The number of anilines is 1. The minimum Gasteiger partial charge on any atom is -0.340 e. The van der Waals surface area contributed by atoms with Crippen LogP contribution in [0, 0.1) is 11.5 Å². The molecule has 0 aliphatic heterocycles. The smallest absolute Gasteiger partial charge is 0.258 e. The Morgan fingerprint density at radius 2 is 1.71 bits per heavy atom. The molecule has 0 aromatic heterocycles. The Balaban J connectivity index is 2.18. The van der Waals surface area contributed by atoms with Gasteiger partial charge in [0, 0.05) is 31.1 Å². The summed E-state index contributed by atoms with van der Waals surface area (Å²) in [6, 6.07) is 14.7. The highest BCUT2D eigenvalue weighted by Crippen LogP contribution is 2.11. The Bertz CT molecular complexity index is 873. The zero-order chi connectivity index (χ0) is 20.5. The lowest BCUT2D eigenvalue weighted by atomic mass is 10.0. The first-order chi connectivity index (χ1) is 13.4. The molecular formula is C21H22N4O3. The summed E-state index contributed by atoms with van der Waals surface area (Å²) >= 11 is 0. The van der Waals surface area contributed by atoms with Crippen LogP contribution < -0.4 is 10.6 Å². The number of likely N-dealkylation sites (N-methyl/N-ethyl adjacent to an activating group) is 1. The maximum atomic E-state index is 12.7. The first-order valence-electron chi connectivity index (χ1n) is 8.88. The van der Waals surface area contributed by atoms with Crippen molar-refractivity contribution in [1.29, 1.82) is 5.26 Å². The van der Waals surface area contributed by atoms with Crippen molar-refractivity contribution in [3.8, 4) is 6.19 Å². The predicted octanol–water partition coefficient (Wildman–Crippen LogP) is 2.32. The van der Waals surface area contributed by atoms with Crippen molar-refractivity contribution in [3.05, 3.63) is 65.7 Å². The number of nitrogens with zero attached hydrogens (tertiary/aromatic N) is 2. The highest BCUT2D eigenvalue weighted by molar-refractivity contribution is 5.98. The molecule has 0 radical (unpaired) electrons. The summed E-state index contributed by atoms with van der Waals surface area (Å²) in [5.74, 6) is -1.10. The van der Waals surface area contributed by atoms with E-state index in [9.17, 15) is 19.6 Å². The number of rotatable bonds is 7. The van der Waals surface area contributed by atoms with E-state index in [0.717, 1.165) is 10.5 Å². The van der Waals surface area contributed by atoms with Gasteiger partial charge >= 0.3 is 0 Å². The summed E-state index contributed by atoms with van der Waals surface area (Å²) in [6.07, 6.45) is 2.12. The largest absolute Gasteiger partial charge is 0.340 e. The van der Waals surface area contributed by atoms with Crippen LogP contribution in [0.15, 0.2) is 54.6 Å². The highest BCUT2D eigenvalue weighted by Gasteiger charge is 2.26. The molecule has 0 spiro atoms. The molecule has 0 aliphatic carbocycles. The quantitative estimate of drug-likeness (QED) is 0.570. The highest BCUT2D eigenvalue weighted by atomic mass is 16.2. The molecule has 2 aromatic rings. The number of nitrogens with one attached hydrogen (secondary N) is 2. The molecule has 2 N–H and O–H groups in total. The van der Waals surface area contributed by atoms with Crippen LogP contribution in [-0.4, -0.2) is 35.2 Å². The van der Waals surface area contributed by atoms with Gasteiger partial charge in [0.1, 0.15) is 6.04 Å². The van der Waals surface area contributed by atoms with Crippen LogP contribution in [0.2, 0.25) is 0 Å². The van der Waals surface area contributed by atoms with Crippen molar-refractivity contribution in [2.24, 2.45) is 0 Å². The van der Waals surface area contributed by atoms with Crippen molar-refractivity contribution in [2.45, 2.75) is 26.3 Å². The third-order valence-electron chi connectivity index (χ3n) is 4.06. The van der Waals surface area contributed by atoms with E-state index in [2.05, 4.69) is 10.6 Å². The molecule has 0 fully saturated rings. The van der Waals surface area contributed by atoms with Crippen molar-refractivity contribution in [3.63, 3.8) is 0 Å². The molecule has 3 amide bonds. The van der Waals surface area contributed by atoms with Crippen molar-refractivity contribution < 1.29 is 14.4 Å². The number of benzene rings is 2. The molecule has 2 aromatic carbocycles. The Morgan fingerprint density at radius 3 is 2.25 bits per heavy atom. The fraction of sp³-hybridized carbons (Fsp3) is 0.238. The monoisotopic (exact) mass is 378 g/mol. The van der Waals surface area contributed by atoms with Crippen molar-refractivity contribution >= 4 is 23.4 Å². The second-order valence-electron chi connectivity index (χ2n) is 6.16. The van der Waals surface area contributed by atoms with E-state index >= 15 is 0 Å². The topological polar surface area (TPSA) is 102 Å². The molecule has 2 rings (SSSR count). The van der Waals surface area contributed by atoms with E-state index in [1.165, 1.54) is 6.92 Å². The molecule has 1 atom stereocenters. The summed E-state index contributed by atoms with van der Waals surface area (Å²) in [6.45, 7) is 3.32. The Hall–Kier alpha value is -3.66. The van der Waals surface area contributed by atoms with Crippen LogP contribution >= 0.6 is 0 Å². The molecule has 144 valence electrons. The van der Waals surface area contributed by atoms with Gasteiger partial charge in [-0.3, -0.25) is 14.4 Å². The van der Waals surface area contributed by atoms with Gasteiger partial charge in [0.25, 0.3) is 11.8 Å². The zero-order valence-electron chi connectivity index (χ0n) is 15.8. The SMILES string of the molecule is CCN(C#N)C(=O)C(Cc1ccccc1)NC(=O)c1ccc(NC(C)=O)cc1. The van der Waals surface area contributed by atoms with Gasteiger partial charge in [-0.25, -0.2) is 4.90 Å². The number of hydrogen-bond donors (Lipinski definition) is 2. The van der Waals surface area contributed by atoms with Crippen LogP contribution in [0.1, 0.15) is 29.8 Å². The Morgan fingerprint density at radius 1 is 1.07 bits per heavy atom. The summed E-state index contributed by atoms with van der Waals surface area (Å²) in [4.78, 5) is 37.4. The zero-order valence-corrected chi connectivity index (χ0v) is 15.8. The Kier molecular flexibility index (Phi) is 7.28. The Labute approximate surface area is 164 Å². The number of nitriles is 1. The fourth-order valence-corrected chi connectivity index (χ4v) is 2.66. The summed E-state index contributed by atoms with van der Waals surface area (Å²) in [5, 5.41) is 14.5. The lowest BCUT2D eigenvalue weighted by molar-refractivity contribution is -0.130. The van der Waals surface area contributed by atoms with Gasteiger partial charge < -0.3 is 10.6 Å². The number of amides is 3. The minimum absolute atomic E-state index is 0.207. The van der Waals surface area contributed by atoms with Crippen LogP contribution in [0.4, 0.5) is 5.69 Å². The third-order valence-corrected chi connectivity index (χ3v) is 4.06. The van der Waals surface area contributed by atoms with Crippen molar-refractivity contribution in [1.82, 2.24) is 10.2 Å². The van der Waals surface area contributed by atoms with Crippen LogP contribution in [0.5, 0.6) is 0 Å². The van der Waals surface area contributed by atoms with Crippen LogP contribution in [0.25, 0.3) is 0 Å². The van der Waals surface area contributed by atoms with Gasteiger partial charge in [-0.1, -0.05) is 30.3 Å². The molecule has 1 unspecified atom stereocenters. The molecule has 28 heavy (non-hydrogen) atoms. The first-order valence-corrected chi connectivity index (χ1v) is 8.88. The van der Waals surface area contributed by atoms with E-state index in [1.54, 1.807) is 31.2 Å². The lowest BCUT2D eigenvalue weighted by Crippen LogP contribution is -2.48. The summed E-state index contributed by atoms with van der Waals surface area (Å²) in [7, 11) is 0. The van der Waals surface area contributed by atoms with Gasteiger partial charge in [-0.05, 0) is 36.8 Å². The van der Waals surface area contributed by atoms with Gasteiger partial charge in [-0.15, -0.1) is 0 Å². The van der Waals surface area contributed by atoms with Crippen LogP contribution in [-0.2, 0) is 16.0 Å². The number of hydrogen-bond acceptors (Lipinski definition) is 4. The van der Waals surface area contributed by atoms with E-state index in [1.807, 2.05) is 36.5 Å². The van der Waals surface area contributed by atoms with E-state index in [4.69, 9.17) is 0 Å². The van der Waals surface area contributed by atoms with Gasteiger partial charge in [0.2, 0.25) is 5.91 Å². The molecule has 0 aliphatic rings. The molecule has 0 heterocycles. The van der Waals surface area contributed by atoms with E-state index in [0.29, 0.717) is 11.3 Å². The van der Waals surface area contributed by atoms with Gasteiger partial charge in [-0.2, -0.15) is 5.26 Å². The predicted molar refractivity (Wildman–Crippen MR) is 105 cm³/mol. The van der Waals surface area contributed by atoms with Gasteiger partial charge in [0.05, 0.1) is 0 Å². The average Bonchev–Trinajstić information content (AvgIpc) is 2.69. The standard InChI is InChI=1S/C21H22N4O3/c1-3-25(14-22)21(28)19(13-16-7-5-4-6-8-16)24-20(27)17-9-11-18(12-10-17)23-15(2)26/h4-12,19H,3,13H2,1-2H3,(H,23,26)(H,24,27). The van der Waals surface area contributed by atoms with Crippen LogP contribution in [0.3, 0.4) is 0 Å². The first kappa shape index (κ1) is 20.6. The maximum Gasteiger partial charge on any atom is 0.258 e. The molecule has 7 heteroatoms. The normalized spacial score (nSPS) is 11.0. The molecule has 0 bridgehead atoms.